The summed E-state index contributed by atoms with van der Waals surface area (Å²) in [6.45, 7) is 6.26. The topological polar surface area (TPSA) is 119 Å². The van der Waals surface area contributed by atoms with Crippen molar-refractivity contribution in [2.45, 2.75) is 69.8 Å². The van der Waals surface area contributed by atoms with Crippen LogP contribution in [0.1, 0.15) is 52.1 Å². The number of fused-ring (bicyclic) bond motifs is 1. The largest absolute Gasteiger partial charge is 0.387 e. The van der Waals surface area contributed by atoms with Gasteiger partial charge in [-0.25, -0.2) is 15.0 Å². The summed E-state index contributed by atoms with van der Waals surface area (Å²) in [5.74, 6) is 7.10. The van der Waals surface area contributed by atoms with Crippen molar-refractivity contribution in [1.29, 1.82) is 0 Å². The van der Waals surface area contributed by atoms with E-state index in [-0.39, 0.29) is 5.82 Å². The standard InChI is InChI=1S/C19H27N5O3S/c1-4-5-6-7-8-13-22-17(20)14-18(23-13)24(10-21-14)19-16(26)15(25)12(27-19)9-28-11(2)3/h10-12,15-16,19,25-26H,4-6,9H2,1-3H3,(H2,20,22,23)/t12-,15?,16?,19-/m1/s1. The lowest BCUT2D eigenvalue weighted by Crippen LogP contribution is -2.32. The van der Waals surface area contributed by atoms with E-state index in [1.165, 1.54) is 6.33 Å². The minimum Gasteiger partial charge on any atom is -0.387 e. The molecule has 152 valence electrons. The average molecular weight is 406 g/mol. The molecule has 1 fully saturated rings. The molecule has 2 unspecified atom stereocenters. The molecule has 3 rings (SSSR count). The van der Waals surface area contributed by atoms with E-state index in [4.69, 9.17) is 10.5 Å². The highest BCUT2D eigenvalue weighted by Gasteiger charge is 2.44. The molecule has 0 aliphatic carbocycles. The van der Waals surface area contributed by atoms with Gasteiger partial charge in [0.15, 0.2) is 17.7 Å². The van der Waals surface area contributed by atoms with E-state index < -0.39 is 24.5 Å². The number of hydrogen-bond donors (Lipinski definition) is 3. The Morgan fingerprint density at radius 2 is 2.11 bits per heavy atom. The van der Waals surface area contributed by atoms with Crippen molar-refractivity contribution < 1.29 is 14.9 Å². The van der Waals surface area contributed by atoms with Gasteiger partial charge in [0, 0.05) is 12.2 Å². The highest BCUT2D eigenvalue weighted by molar-refractivity contribution is 7.99. The molecule has 2 aromatic rings. The molecule has 0 bridgehead atoms. The van der Waals surface area contributed by atoms with E-state index in [9.17, 15) is 10.2 Å². The second-order valence-electron chi connectivity index (χ2n) is 7.09. The number of imidazole rings is 1. The molecule has 4 atom stereocenters. The lowest BCUT2D eigenvalue weighted by Gasteiger charge is -2.16. The maximum absolute atomic E-state index is 10.5. The molecule has 9 heteroatoms. The molecule has 0 amide bonds. The first-order chi connectivity index (χ1) is 13.4. The van der Waals surface area contributed by atoms with Gasteiger partial charge in [0.25, 0.3) is 0 Å². The SMILES string of the molecule is CCCCC#Cc1nc(N)c2ncn([C@@H]3O[C@H](CSC(C)C)C(O)C3O)c2n1. The number of aliphatic hydroxyl groups excluding tert-OH is 2. The quantitative estimate of drug-likeness (QED) is 0.491. The minimum atomic E-state index is -1.09. The fourth-order valence-electron chi connectivity index (χ4n) is 2.97. The number of ether oxygens (including phenoxy) is 1. The molecule has 2 aromatic heterocycles. The Labute approximate surface area is 168 Å². The van der Waals surface area contributed by atoms with Crippen molar-refractivity contribution in [3.05, 3.63) is 12.2 Å². The summed E-state index contributed by atoms with van der Waals surface area (Å²) in [6, 6.07) is 0. The Morgan fingerprint density at radius 1 is 1.32 bits per heavy atom. The summed E-state index contributed by atoms with van der Waals surface area (Å²) >= 11 is 1.67. The summed E-state index contributed by atoms with van der Waals surface area (Å²) in [5, 5.41) is 21.3. The van der Waals surface area contributed by atoms with Gasteiger partial charge in [0.2, 0.25) is 5.82 Å². The van der Waals surface area contributed by atoms with E-state index in [2.05, 4.69) is 47.6 Å². The van der Waals surface area contributed by atoms with Gasteiger partial charge >= 0.3 is 0 Å². The lowest BCUT2D eigenvalue weighted by molar-refractivity contribution is -0.0289. The number of hydrogen-bond acceptors (Lipinski definition) is 8. The molecule has 28 heavy (non-hydrogen) atoms. The maximum atomic E-state index is 10.5. The molecular weight excluding hydrogens is 378 g/mol. The van der Waals surface area contributed by atoms with Crippen molar-refractivity contribution in [3.63, 3.8) is 0 Å². The summed E-state index contributed by atoms with van der Waals surface area (Å²) in [7, 11) is 0. The first-order valence-electron chi connectivity index (χ1n) is 9.54. The van der Waals surface area contributed by atoms with Gasteiger partial charge < -0.3 is 20.7 Å². The fraction of sp³-hybridized carbons (Fsp3) is 0.632. The predicted octanol–water partition coefficient (Wildman–Crippen LogP) is 1.71. The summed E-state index contributed by atoms with van der Waals surface area (Å²) in [4.78, 5) is 12.9. The number of aromatic nitrogens is 4. The molecule has 8 nitrogen and oxygen atoms in total. The summed E-state index contributed by atoms with van der Waals surface area (Å²) < 4.78 is 7.54. The van der Waals surface area contributed by atoms with E-state index in [1.807, 2.05) is 0 Å². The summed E-state index contributed by atoms with van der Waals surface area (Å²) in [5.41, 5.74) is 6.87. The third-order valence-electron chi connectivity index (χ3n) is 4.51. The number of thioether (sulfide) groups is 1. The van der Waals surface area contributed by atoms with Crippen molar-refractivity contribution in [1.82, 2.24) is 19.5 Å². The van der Waals surface area contributed by atoms with Crippen LogP contribution in [-0.4, -0.2) is 59.0 Å². The van der Waals surface area contributed by atoms with Crippen LogP contribution in [0.5, 0.6) is 0 Å². The number of nitrogens with zero attached hydrogens (tertiary/aromatic N) is 4. The zero-order valence-corrected chi connectivity index (χ0v) is 17.2. The van der Waals surface area contributed by atoms with Gasteiger partial charge in [-0.15, -0.1) is 0 Å². The normalized spacial score (nSPS) is 24.6. The van der Waals surface area contributed by atoms with Gasteiger partial charge in [-0.2, -0.15) is 11.8 Å². The molecule has 1 aliphatic heterocycles. The van der Waals surface area contributed by atoms with Gasteiger partial charge in [-0.05, 0) is 17.6 Å². The second-order valence-corrected chi connectivity index (χ2v) is 8.70. The molecule has 0 spiro atoms. The molecule has 3 heterocycles. The van der Waals surface area contributed by atoms with Crippen LogP contribution in [0.15, 0.2) is 6.33 Å². The molecular formula is C19H27N5O3S. The lowest BCUT2D eigenvalue weighted by atomic mass is 10.1. The van der Waals surface area contributed by atoms with E-state index in [0.717, 1.165) is 19.3 Å². The first kappa shape index (κ1) is 20.9. The molecule has 0 aromatic carbocycles. The minimum absolute atomic E-state index is 0.225. The average Bonchev–Trinajstić information content (AvgIpc) is 3.19. The summed E-state index contributed by atoms with van der Waals surface area (Å²) in [6.07, 6.45) is 1.00. The van der Waals surface area contributed by atoms with Crippen LogP contribution >= 0.6 is 11.8 Å². The molecule has 0 radical (unpaired) electrons. The van der Waals surface area contributed by atoms with Crippen molar-refractivity contribution in [2.24, 2.45) is 0 Å². The third-order valence-corrected chi connectivity index (χ3v) is 5.70. The number of rotatable bonds is 6. The Morgan fingerprint density at radius 3 is 2.82 bits per heavy atom. The van der Waals surface area contributed by atoms with Gasteiger partial charge in [-0.1, -0.05) is 33.1 Å². The Bertz CT molecular complexity index is 876. The monoisotopic (exact) mass is 405 g/mol. The smallest absolute Gasteiger partial charge is 0.208 e. The van der Waals surface area contributed by atoms with Crippen LogP contribution in [0.3, 0.4) is 0 Å². The second kappa shape index (κ2) is 9.09. The van der Waals surface area contributed by atoms with Crippen molar-refractivity contribution in [2.75, 3.05) is 11.5 Å². The zero-order valence-electron chi connectivity index (χ0n) is 16.4. The van der Waals surface area contributed by atoms with Crippen LogP contribution in [0, 0.1) is 11.8 Å². The van der Waals surface area contributed by atoms with Crippen LogP contribution < -0.4 is 5.73 Å². The van der Waals surface area contributed by atoms with Gasteiger partial charge in [0.05, 0.1) is 12.4 Å². The highest BCUT2D eigenvalue weighted by atomic mass is 32.2. The predicted molar refractivity (Wildman–Crippen MR) is 110 cm³/mol. The number of nitrogens with two attached hydrogens (primary N) is 1. The van der Waals surface area contributed by atoms with Crippen LogP contribution in [0.25, 0.3) is 11.2 Å². The van der Waals surface area contributed by atoms with Crippen LogP contribution in [0.4, 0.5) is 5.82 Å². The Balaban J connectivity index is 1.88. The molecule has 4 N–H and O–H groups in total. The van der Waals surface area contributed by atoms with E-state index >= 15 is 0 Å². The number of anilines is 1. The van der Waals surface area contributed by atoms with E-state index in [0.29, 0.717) is 28.0 Å². The third kappa shape index (κ3) is 4.41. The fourth-order valence-corrected chi connectivity index (χ4v) is 3.82. The number of nitrogen functional groups attached to an aromatic ring is 1. The number of unbranched alkanes of at least 4 members (excludes halogenated alkanes) is 2. The molecule has 1 saturated heterocycles. The Kier molecular flexibility index (Phi) is 6.78. The van der Waals surface area contributed by atoms with Crippen molar-refractivity contribution in [3.8, 4) is 11.8 Å². The van der Waals surface area contributed by atoms with Crippen LogP contribution in [0.2, 0.25) is 0 Å². The first-order valence-corrected chi connectivity index (χ1v) is 10.6. The van der Waals surface area contributed by atoms with Crippen LogP contribution in [-0.2, 0) is 4.74 Å². The zero-order chi connectivity index (χ0) is 20.3. The van der Waals surface area contributed by atoms with Gasteiger partial charge in [0.1, 0.15) is 17.7 Å². The van der Waals surface area contributed by atoms with E-state index in [1.54, 1.807) is 16.3 Å². The van der Waals surface area contributed by atoms with Gasteiger partial charge in [-0.3, -0.25) is 4.57 Å². The highest BCUT2D eigenvalue weighted by Crippen LogP contribution is 2.33. The Hall–Kier alpha value is -1.86. The van der Waals surface area contributed by atoms with Crippen molar-refractivity contribution >= 4 is 28.7 Å². The molecule has 1 aliphatic rings. The molecule has 0 saturated carbocycles. The number of aliphatic hydroxyl groups is 2. The maximum Gasteiger partial charge on any atom is 0.208 e.